The van der Waals surface area contributed by atoms with E-state index < -0.39 is 16.9 Å². The number of carbonyl (C=O) groups excluding carboxylic acids is 2. The molecule has 1 N–H and O–H groups in total. The summed E-state index contributed by atoms with van der Waals surface area (Å²) in [5.41, 5.74) is -0.952. The van der Waals surface area contributed by atoms with E-state index in [1.165, 1.54) is 0 Å². The summed E-state index contributed by atoms with van der Waals surface area (Å²) in [6.45, 7) is 1.80. The molecule has 94 valence electrons. The van der Waals surface area contributed by atoms with Gasteiger partial charge in [0.1, 0.15) is 11.9 Å². The zero-order chi connectivity index (χ0) is 13.0. The third-order valence-corrected chi connectivity index (χ3v) is 4.82. The van der Waals surface area contributed by atoms with Crippen LogP contribution in [0.5, 0.6) is 0 Å². The van der Waals surface area contributed by atoms with Gasteiger partial charge in [0, 0.05) is 11.5 Å². The fourth-order valence-electron chi connectivity index (χ4n) is 3.74. The Bertz CT molecular complexity index is 536. The lowest BCUT2D eigenvalue weighted by Crippen LogP contribution is -2.52. The molecule has 0 saturated heterocycles. The molecule has 3 rings (SSSR count). The Labute approximate surface area is 106 Å². The Balaban J connectivity index is 2.30. The molecule has 1 aromatic rings. The van der Waals surface area contributed by atoms with Gasteiger partial charge in [-0.05, 0) is 25.3 Å². The van der Waals surface area contributed by atoms with Crippen molar-refractivity contribution in [2.75, 3.05) is 0 Å². The number of aldehydes is 1. The molecule has 3 atom stereocenters. The number of rotatable bonds is 1. The highest BCUT2D eigenvalue weighted by Crippen LogP contribution is 2.59. The van der Waals surface area contributed by atoms with E-state index in [9.17, 15) is 14.7 Å². The summed E-state index contributed by atoms with van der Waals surface area (Å²) in [5, 5.41) is 11.1. The topological polar surface area (TPSA) is 54.4 Å². The summed E-state index contributed by atoms with van der Waals surface area (Å²) in [7, 11) is 0. The van der Waals surface area contributed by atoms with Crippen molar-refractivity contribution >= 4 is 12.1 Å². The number of benzene rings is 1. The summed E-state index contributed by atoms with van der Waals surface area (Å²) in [6.07, 6.45) is 2.91. The molecule has 1 aromatic carbocycles. The number of ketones is 1. The van der Waals surface area contributed by atoms with E-state index in [0.717, 1.165) is 12.7 Å². The van der Waals surface area contributed by atoms with Crippen LogP contribution in [0.4, 0.5) is 0 Å². The number of aliphatic hydroxyl groups is 1. The van der Waals surface area contributed by atoms with Gasteiger partial charge in [0.05, 0.1) is 5.41 Å². The summed E-state index contributed by atoms with van der Waals surface area (Å²) in [6, 6.07) is 7.14. The third kappa shape index (κ3) is 1.08. The fourth-order valence-corrected chi connectivity index (χ4v) is 3.74. The Morgan fingerprint density at radius 3 is 2.83 bits per heavy atom. The monoisotopic (exact) mass is 244 g/mol. The maximum absolute atomic E-state index is 12.5. The van der Waals surface area contributed by atoms with E-state index in [4.69, 9.17) is 0 Å². The highest BCUT2D eigenvalue weighted by atomic mass is 16.3. The minimum absolute atomic E-state index is 0.0212. The molecule has 2 aliphatic rings. The van der Waals surface area contributed by atoms with Crippen LogP contribution in [-0.2, 0) is 10.4 Å². The number of carbonyl (C=O) groups is 2. The second kappa shape index (κ2) is 3.51. The Hall–Kier alpha value is -1.48. The molecular weight excluding hydrogens is 228 g/mol. The molecule has 0 radical (unpaired) electrons. The van der Waals surface area contributed by atoms with Crippen molar-refractivity contribution in [3.8, 4) is 0 Å². The second-order valence-corrected chi connectivity index (χ2v) is 5.61. The first-order chi connectivity index (χ1) is 8.55. The molecule has 0 aromatic heterocycles. The fraction of sp³-hybridized carbons (Fsp3) is 0.467. The Morgan fingerprint density at radius 1 is 1.39 bits per heavy atom. The van der Waals surface area contributed by atoms with Crippen molar-refractivity contribution in [2.24, 2.45) is 11.3 Å². The normalized spacial score (nSPS) is 38.1. The maximum Gasteiger partial charge on any atom is 0.172 e. The van der Waals surface area contributed by atoms with Crippen molar-refractivity contribution in [1.29, 1.82) is 0 Å². The summed E-state index contributed by atoms with van der Waals surface area (Å²) in [4.78, 5) is 23.8. The van der Waals surface area contributed by atoms with Gasteiger partial charge >= 0.3 is 0 Å². The van der Waals surface area contributed by atoms with E-state index in [0.29, 0.717) is 24.0 Å². The molecule has 1 fully saturated rings. The van der Waals surface area contributed by atoms with Crippen LogP contribution in [0.3, 0.4) is 0 Å². The number of hydrogen-bond acceptors (Lipinski definition) is 3. The number of Topliss-reactive ketones (excluding diaryl/α,β-unsaturated/α-hetero) is 1. The van der Waals surface area contributed by atoms with Crippen molar-refractivity contribution < 1.29 is 14.7 Å². The van der Waals surface area contributed by atoms with Crippen LogP contribution < -0.4 is 0 Å². The van der Waals surface area contributed by atoms with Crippen LogP contribution in [-0.4, -0.2) is 17.2 Å². The van der Waals surface area contributed by atoms with E-state index in [1.807, 2.05) is 6.07 Å². The zero-order valence-corrected chi connectivity index (χ0v) is 10.3. The molecule has 0 spiro atoms. The molecule has 3 nitrogen and oxygen atoms in total. The van der Waals surface area contributed by atoms with Crippen LogP contribution in [0.25, 0.3) is 0 Å². The second-order valence-electron chi connectivity index (χ2n) is 5.61. The van der Waals surface area contributed by atoms with Crippen LogP contribution in [0.1, 0.15) is 42.1 Å². The van der Waals surface area contributed by atoms with Gasteiger partial charge in [0.2, 0.25) is 0 Å². The van der Waals surface area contributed by atoms with Crippen LogP contribution in [0.15, 0.2) is 24.3 Å². The van der Waals surface area contributed by atoms with Crippen molar-refractivity contribution in [3.05, 3.63) is 35.4 Å². The van der Waals surface area contributed by atoms with Gasteiger partial charge in [0.25, 0.3) is 0 Å². The van der Waals surface area contributed by atoms with E-state index in [2.05, 4.69) is 0 Å². The zero-order valence-electron chi connectivity index (χ0n) is 10.3. The molecule has 0 heterocycles. The summed E-state index contributed by atoms with van der Waals surface area (Å²) in [5.74, 6) is -0.504. The molecular formula is C15H16O3. The van der Waals surface area contributed by atoms with Gasteiger partial charge in [-0.3, -0.25) is 4.79 Å². The van der Waals surface area contributed by atoms with Crippen LogP contribution in [0.2, 0.25) is 0 Å². The third-order valence-electron chi connectivity index (χ3n) is 4.82. The van der Waals surface area contributed by atoms with E-state index >= 15 is 0 Å². The van der Waals surface area contributed by atoms with Crippen molar-refractivity contribution in [1.82, 2.24) is 0 Å². The number of hydrogen-bond donors (Lipinski definition) is 1. The average Bonchev–Trinajstić information content (AvgIpc) is 2.57. The van der Waals surface area contributed by atoms with Gasteiger partial charge in [0.15, 0.2) is 5.78 Å². The molecule has 0 aliphatic heterocycles. The van der Waals surface area contributed by atoms with Gasteiger partial charge in [-0.15, -0.1) is 0 Å². The van der Waals surface area contributed by atoms with Crippen molar-refractivity contribution in [2.45, 2.75) is 31.8 Å². The maximum atomic E-state index is 12.5. The van der Waals surface area contributed by atoms with Crippen LogP contribution in [0, 0.1) is 11.3 Å². The molecule has 2 aliphatic carbocycles. The van der Waals surface area contributed by atoms with Gasteiger partial charge < -0.3 is 9.90 Å². The lowest BCUT2D eigenvalue weighted by molar-refractivity contribution is -0.143. The van der Waals surface area contributed by atoms with E-state index in [-0.39, 0.29) is 5.78 Å². The van der Waals surface area contributed by atoms with Gasteiger partial charge in [-0.1, -0.05) is 30.7 Å². The largest absolute Gasteiger partial charge is 0.383 e. The quantitative estimate of drug-likeness (QED) is 0.769. The Kier molecular flexibility index (Phi) is 2.26. The first kappa shape index (κ1) is 11.6. The predicted molar refractivity (Wildman–Crippen MR) is 66.2 cm³/mol. The van der Waals surface area contributed by atoms with Gasteiger partial charge in [-0.2, -0.15) is 0 Å². The minimum atomic E-state index is -1.32. The standard InChI is InChI=1S/C15H16O3/c1-14-8-4-5-10(9-16)15(14,18)12-7-3-2-6-11(12)13(14)17/h2-3,6-7,9-10,18H,4-5,8H2,1H3/t10?,14-,15-/m1/s1. The number of fused-ring (bicyclic) bond motifs is 3. The SMILES string of the molecule is C[C@]12CCCC(C=O)[C@@]1(O)c1ccccc1C2=O. The summed E-state index contributed by atoms with van der Waals surface area (Å²) >= 11 is 0. The Morgan fingerprint density at radius 2 is 2.11 bits per heavy atom. The molecule has 1 saturated carbocycles. The minimum Gasteiger partial charge on any atom is -0.383 e. The molecule has 3 heteroatoms. The lowest BCUT2D eigenvalue weighted by atomic mass is 9.60. The first-order valence-electron chi connectivity index (χ1n) is 6.37. The van der Waals surface area contributed by atoms with Crippen LogP contribution >= 0.6 is 0 Å². The smallest absolute Gasteiger partial charge is 0.172 e. The summed E-state index contributed by atoms with van der Waals surface area (Å²) < 4.78 is 0. The highest BCUT2D eigenvalue weighted by Gasteiger charge is 2.64. The van der Waals surface area contributed by atoms with Gasteiger partial charge in [-0.25, -0.2) is 0 Å². The van der Waals surface area contributed by atoms with Crippen molar-refractivity contribution in [3.63, 3.8) is 0 Å². The predicted octanol–water partition coefficient (Wildman–Crippen LogP) is 2.08. The molecule has 0 bridgehead atoms. The van der Waals surface area contributed by atoms with E-state index in [1.54, 1.807) is 25.1 Å². The molecule has 0 amide bonds. The highest BCUT2D eigenvalue weighted by molar-refractivity contribution is 6.06. The first-order valence-corrected chi connectivity index (χ1v) is 6.37. The molecule has 18 heavy (non-hydrogen) atoms. The average molecular weight is 244 g/mol. The molecule has 1 unspecified atom stereocenters. The lowest BCUT2D eigenvalue weighted by Gasteiger charge is -2.46.